The molecule has 0 unspecified atom stereocenters. The number of aliphatic hydroxyl groups excluding tert-OH is 2. The Hall–Kier alpha value is -3.95. The van der Waals surface area contributed by atoms with Crippen molar-refractivity contribution in [1.29, 1.82) is 5.26 Å². The fourth-order valence-electron chi connectivity index (χ4n) is 3.66. The summed E-state index contributed by atoms with van der Waals surface area (Å²) in [7, 11) is 0. The normalized spacial score (nSPS) is 13.2. The molecule has 0 aliphatic carbocycles. The third-order valence-electron chi connectivity index (χ3n) is 5.65. The van der Waals surface area contributed by atoms with Crippen molar-refractivity contribution in [2.24, 2.45) is 5.41 Å². The molecule has 37 heavy (non-hydrogen) atoms. The Bertz CT molecular complexity index is 1380. The van der Waals surface area contributed by atoms with Crippen LogP contribution in [0, 0.1) is 34.2 Å². The highest BCUT2D eigenvalue weighted by molar-refractivity contribution is 6.06. The van der Waals surface area contributed by atoms with Crippen molar-refractivity contribution in [2.75, 3.05) is 13.2 Å². The van der Waals surface area contributed by atoms with E-state index in [0.717, 1.165) is 22.9 Å². The number of carbonyl (C=O) groups is 2. The molecule has 12 heteroatoms. The van der Waals surface area contributed by atoms with Crippen molar-refractivity contribution in [1.82, 2.24) is 20.4 Å². The van der Waals surface area contributed by atoms with Crippen LogP contribution in [0.5, 0.6) is 0 Å². The minimum Gasteiger partial charge on any atom is -0.394 e. The first-order chi connectivity index (χ1) is 17.4. The van der Waals surface area contributed by atoms with Crippen molar-refractivity contribution >= 4 is 22.7 Å². The fraction of sp³-hybridized carbons (Fsp3) is 0.360. The zero-order valence-corrected chi connectivity index (χ0v) is 20.3. The number of hydrogen-bond acceptors (Lipinski definition) is 6. The molecule has 4 N–H and O–H groups in total. The van der Waals surface area contributed by atoms with Crippen LogP contribution in [0.2, 0.25) is 0 Å². The number of fused-ring (bicyclic) bond motifs is 1. The number of benzene rings is 2. The second kappa shape index (κ2) is 11.0. The van der Waals surface area contributed by atoms with E-state index in [2.05, 4.69) is 15.7 Å². The van der Waals surface area contributed by atoms with Crippen LogP contribution >= 0.6 is 0 Å². The lowest BCUT2D eigenvalue weighted by Crippen LogP contribution is -2.54. The number of hydrogen-bond donors (Lipinski definition) is 4. The average Bonchev–Trinajstić information content (AvgIpc) is 3.22. The second-order valence-corrected chi connectivity index (χ2v) is 9.54. The van der Waals surface area contributed by atoms with Crippen molar-refractivity contribution in [2.45, 2.75) is 39.5 Å². The SMILES string of the molecule is CC(C)(C)[C@H](NC(=O)c1nn(Cc2ccc(C#N)cc2F)c2c(F)c(F)ccc12)C(=O)NC[C@@H](O)CO. The largest absolute Gasteiger partial charge is 0.394 e. The molecular weight excluding hydrogens is 491 g/mol. The number of nitriles is 1. The molecule has 2 atom stereocenters. The van der Waals surface area contributed by atoms with Gasteiger partial charge in [-0.05, 0) is 29.7 Å². The summed E-state index contributed by atoms with van der Waals surface area (Å²) in [5, 5.41) is 36.5. The average molecular weight is 518 g/mol. The molecule has 0 radical (unpaired) electrons. The number of rotatable bonds is 8. The van der Waals surface area contributed by atoms with E-state index in [-0.39, 0.29) is 40.8 Å². The summed E-state index contributed by atoms with van der Waals surface area (Å²) in [6.45, 7) is 3.84. The van der Waals surface area contributed by atoms with Crippen LogP contribution in [-0.4, -0.2) is 57.1 Å². The Morgan fingerprint density at radius 1 is 1.16 bits per heavy atom. The molecule has 2 aromatic carbocycles. The third-order valence-corrected chi connectivity index (χ3v) is 5.65. The van der Waals surface area contributed by atoms with Gasteiger partial charge in [0.05, 0.1) is 30.9 Å². The predicted molar refractivity (Wildman–Crippen MR) is 127 cm³/mol. The maximum atomic E-state index is 14.8. The van der Waals surface area contributed by atoms with Gasteiger partial charge in [0.15, 0.2) is 17.3 Å². The van der Waals surface area contributed by atoms with Crippen LogP contribution < -0.4 is 10.6 Å². The summed E-state index contributed by atoms with van der Waals surface area (Å²) >= 11 is 0. The van der Waals surface area contributed by atoms with E-state index in [1.807, 2.05) is 0 Å². The van der Waals surface area contributed by atoms with E-state index in [0.29, 0.717) is 0 Å². The van der Waals surface area contributed by atoms with Gasteiger partial charge in [-0.1, -0.05) is 26.8 Å². The fourth-order valence-corrected chi connectivity index (χ4v) is 3.66. The lowest BCUT2D eigenvalue weighted by Gasteiger charge is -2.30. The number of carbonyl (C=O) groups excluding carboxylic acids is 2. The van der Waals surface area contributed by atoms with E-state index in [4.69, 9.17) is 10.4 Å². The molecule has 0 saturated carbocycles. The highest BCUT2D eigenvalue weighted by atomic mass is 19.2. The highest BCUT2D eigenvalue weighted by Gasteiger charge is 2.34. The van der Waals surface area contributed by atoms with Gasteiger partial charge in [0.25, 0.3) is 5.91 Å². The van der Waals surface area contributed by atoms with Crippen LogP contribution in [0.15, 0.2) is 30.3 Å². The summed E-state index contributed by atoms with van der Waals surface area (Å²) in [4.78, 5) is 26.0. The molecular formula is C25H26F3N5O4. The van der Waals surface area contributed by atoms with E-state index >= 15 is 0 Å². The van der Waals surface area contributed by atoms with Gasteiger partial charge < -0.3 is 20.8 Å². The number of aromatic nitrogens is 2. The minimum absolute atomic E-state index is 0.0217. The Kier molecular flexibility index (Phi) is 8.20. The Morgan fingerprint density at radius 3 is 2.46 bits per heavy atom. The molecule has 9 nitrogen and oxygen atoms in total. The third kappa shape index (κ3) is 6.07. The summed E-state index contributed by atoms with van der Waals surface area (Å²) in [5.41, 5.74) is -1.42. The van der Waals surface area contributed by atoms with Gasteiger partial charge in [-0.25, -0.2) is 13.2 Å². The van der Waals surface area contributed by atoms with E-state index in [9.17, 15) is 27.9 Å². The molecule has 0 aliphatic heterocycles. The predicted octanol–water partition coefficient (Wildman–Crippen LogP) is 1.99. The molecule has 196 valence electrons. The molecule has 1 heterocycles. The van der Waals surface area contributed by atoms with Crippen LogP contribution in [0.4, 0.5) is 13.2 Å². The first kappa shape index (κ1) is 27.6. The van der Waals surface area contributed by atoms with Crippen molar-refractivity contribution in [3.63, 3.8) is 0 Å². The number of aliphatic hydroxyl groups is 2. The van der Waals surface area contributed by atoms with Gasteiger partial charge >= 0.3 is 0 Å². The van der Waals surface area contributed by atoms with E-state index in [1.165, 1.54) is 12.1 Å². The molecule has 0 saturated heterocycles. The zero-order chi connectivity index (χ0) is 27.5. The van der Waals surface area contributed by atoms with Crippen LogP contribution in [0.1, 0.15) is 42.4 Å². The molecule has 1 aromatic heterocycles. The minimum atomic E-state index is -1.29. The summed E-state index contributed by atoms with van der Waals surface area (Å²) in [6.07, 6.45) is -1.19. The van der Waals surface area contributed by atoms with Crippen molar-refractivity contribution in [3.05, 3.63) is 64.6 Å². The van der Waals surface area contributed by atoms with Gasteiger partial charge in [-0.3, -0.25) is 14.3 Å². The Balaban J connectivity index is 2.00. The van der Waals surface area contributed by atoms with Crippen LogP contribution in [-0.2, 0) is 11.3 Å². The van der Waals surface area contributed by atoms with Gasteiger partial charge in [0, 0.05) is 17.5 Å². The van der Waals surface area contributed by atoms with Gasteiger partial charge in [0.1, 0.15) is 17.4 Å². The zero-order valence-electron chi connectivity index (χ0n) is 20.3. The molecule has 0 bridgehead atoms. The topological polar surface area (TPSA) is 140 Å². The summed E-state index contributed by atoms with van der Waals surface area (Å²) < 4.78 is 44.4. The molecule has 0 spiro atoms. The second-order valence-electron chi connectivity index (χ2n) is 9.54. The molecule has 0 fully saturated rings. The van der Waals surface area contributed by atoms with E-state index in [1.54, 1.807) is 26.8 Å². The first-order valence-corrected chi connectivity index (χ1v) is 11.3. The molecule has 3 rings (SSSR count). The van der Waals surface area contributed by atoms with Crippen molar-refractivity contribution < 1.29 is 33.0 Å². The number of nitrogens with zero attached hydrogens (tertiary/aromatic N) is 3. The maximum absolute atomic E-state index is 14.8. The summed E-state index contributed by atoms with van der Waals surface area (Å²) in [5.74, 6) is -4.77. The smallest absolute Gasteiger partial charge is 0.273 e. The number of nitrogens with one attached hydrogen (secondary N) is 2. The molecule has 3 aromatic rings. The highest BCUT2D eigenvalue weighted by Crippen LogP contribution is 2.26. The summed E-state index contributed by atoms with van der Waals surface area (Å²) in [6, 6.07) is 6.30. The maximum Gasteiger partial charge on any atom is 0.273 e. The molecule has 2 amide bonds. The molecule has 0 aliphatic rings. The first-order valence-electron chi connectivity index (χ1n) is 11.3. The van der Waals surface area contributed by atoms with Crippen LogP contribution in [0.3, 0.4) is 0 Å². The van der Waals surface area contributed by atoms with Crippen LogP contribution in [0.25, 0.3) is 10.9 Å². The van der Waals surface area contributed by atoms with Gasteiger partial charge in [0.2, 0.25) is 5.91 Å². The van der Waals surface area contributed by atoms with Crippen molar-refractivity contribution in [3.8, 4) is 6.07 Å². The lowest BCUT2D eigenvalue weighted by atomic mass is 9.86. The monoisotopic (exact) mass is 517 g/mol. The van der Waals surface area contributed by atoms with E-state index < -0.39 is 53.4 Å². The number of halogens is 3. The quantitative estimate of drug-likeness (QED) is 0.360. The Morgan fingerprint density at radius 2 is 1.86 bits per heavy atom. The lowest BCUT2D eigenvalue weighted by molar-refractivity contribution is -0.125. The Labute approximate surface area is 210 Å². The van der Waals surface area contributed by atoms with Gasteiger partial charge in [-0.15, -0.1) is 0 Å². The number of amides is 2. The van der Waals surface area contributed by atoms with Gasteiger partial charge in [-0.2, -0.15) is 10.4 Å². The standard InChI is InChI=1S/C25H26F3N5O4/c1-25(2,3)22(24(37)30-10-15(35)12-34)31-23(36)20-16-6-7-17(26)19(28)21(16)33(32-20)11-14-5-4-13(9-29)8-18(14)27/h4-8,15,22,34-35H,10-12H2,1-3H3,(H,30,37)(H,31,36)/t15-,22-/m1/s1.